The van der Waals surface area contributed by atoms with Crippen LogP contribution in [0.2, 0.25) is 0 Å². The number of nitrogens with zero attached hydrogens (tertiary/aromatic N) is 3. The van der Waals surface area contributed by atoms with Crippen molar-refractivity contribution in [3.8, 4) is 0 Å². The molecule has 2 rings (SSSR count). The number of likely N-dealkylation sites (tertiary alicyclic amines) is 1. The van der Waals surface area contributed by atoms with Crippen molar-refractivity contribution in [1.82, 2.24) is 14.7 Å². The number of rotatable bonds is 5. The third-order valence-corrected chi connectivity index (χ3v) is 5.69. The van der Waals surface area contributed by atoms with Crippen LogP contribution in [0, 0.1) is 17.8 Å². The largest absolute Gasteiger partial charge is 0.342 e. The van der Waals surface area contributed by atoms with Gasteiger partial charge in [0.25, 0.3) is 0 Å². The molecule has 2 fully saturated rings. The molecule has 140 valence electrons. The van der Waals surface area contributed by atoms with Crippen LogP contribution in [0.3, 0.4) is 0 Å². The highest BCUT2D eigenvalue weighted by atomic mass is 16.2. The second-order valence-corrected chi connectivity index (χ2v) is 8.93. The first-order valence-corrected chi connectivity index (χ1v) is 10.0. The van der Waals surface area contributed by atoms with E-state index in [0.717, 1.165) is 24.9 Å². The van der Waals surface area contributed by atoms with Crippen LogP contribution in [-0.2, 0) is 4.79 Å². The van der Waals surface area contributed by atoms with Crippen molar-refractivity contribution in [1.29, 1.82) is 0 Å². The molecule has 2 atom stereocenters. The maximum absolute atomic E-state index is 12.1. The molecule has 2 heterocycles. The summed E-state index contributed by atoms with van der Waals surface area (Å²) in [7, 11) is 0. The van der Waals surface area contributed by atoms with Crippen molar-refractivity contribution in [2.45, 2.75) is 66.5 Å². The molecule has 0 saturated carbocycles. The first-order chi connectivity index (χ1) is 11.3. The van der Waals surface area contributed by atoms with E-state index in [-0.39, 0.29) is 5.92 Å². The van der Waals surface area contributed by atoms with Crippen LogP contribution in [0.5, 0.6) is 0 Å². The monoisotopic (exact) mass is 337 g/mol. The van der Waals surface area contributed by atoms with Crippen molar-refractivity contribution < 1.29 is 4.79 Å². The lowest BCUT2D eigenvalue weighted by molar-refractivity contribution is -0.136. The molecule has 0 aliphatic carbocycles. The van der Waals surface area contributed by atoms with Gasteiger partial charge in [0.15, 0.2) is 0 Å². The minimum absolute atomic E-state index is 0.135. The van der Waals surface area contributed by atoms with E-state index in [0.29, 0.717) is 18.0 Å². The van der Waals surface area contributed by atoms with Gasteiger partial charge in [-0.3, -0.25) is 14.6 Å². The fourth-order valence-electron chi connectivity index (χ4n) is 4.49. The second kappa shape index (κ2) is 8.66. The Morgan fingerprint density at radius 3 is 2.00 bits per heavy atom. The van der Waals surface area contributed by atoms with Crippen molar-refractivity contribution in [3.63, 3.8) is 0 Å². The average molecular weight is 338 g/mol. The van der Waals surface area contributed by atoms with Crippen molar-refractivity contribution in [2.75, 3.05) is 39.3 Å². The van der Waals surface area contributed by atoms with Gasteiger partial charge in [-0.2, -0.15) is 0 Å². The number of amides is 1. The zero-order valence-corrected chi connectivity index (χ0v) is 16.8. The molecule has 0 radical (unpaired) electrons. The molecule has 0 spiro atoms. The first-order valence-electron chi connectivity index (χ1n) is 10.0. The lowest BCUT2D eigenvalue weighted by Gasteiger charge is -2.47. The SMILES string of the molecule is CC(C)CN1CC(C)N(CC2CCN(C(=O)C(C)C)CC2)C(C)C1. The Bertz CT molecular complexity index is 390. The minimum atomic E-state index is 0.135. The first kappa shape index (κ1) is 19.7. The van der Waals surface area contributed by atoms with E-state index in [1.165, 1.54) is 39.0 Å². The van der Waals surface area contributed by atoms with Crippen molar-refractivity contribution >= 4 is 5.91 Å². The van der Waals surface area contributed by atoms with Gasteiger partial charge >= 0.3 is 0 Å². The fourth-order valence-corrected chi connectivity index (χ4v) is 4.49. The summed E-state index contributed by atoms with van der Waals surface area (Å²) >= 11 is 0. The zero-order valence-electron chi connectivity index (χ0n) is 16.8. The molecule has 0 N–H and O–H groups in total. The van der Waals surface area contributed by atoms with E-state index in [4.69, 9.17) is 0 Å². The van der Waals surface area contributed by atoms with Gasteiger partial charge in [0.1, 0.15) is 0 Å². The third kappa shape index (κ3) is 5.19. The van der Waals surface area contributed by atoms with E-state index in [2.05, 4.69) is 42.4 Å². The quantitative estimate of drug-likeness (QED) is 0.772. The van der Waals surface area contributed by atoms with Crippen molar-refractivity contribution in [2.24, 2.45) is 17.8 Å². The van der Waals surface area contributed by atoms with Gasteiger partial charge in [-0.25, -0.2) is 0 Å². The van der Waals surface area contributed by atoms with E-state index in [9.17, 15) is 4.79 Å². The molecule has 24 heavy (non-hydrogen) atoms. The summed E-state index contributed by atoms with van der Waals surface area (Å²) in [4.78, 5) is 19.6. The molecule has 0 bridgehead atoms. The molecule has 0 aromatic carbocycles. The summed E-state index contributed by atoms with van der Waals surface area (Å²) in [6, 6.07) is 1.28. The summed E-state index contributed by atoms with van der Waals surface area (Å²) in [5.41, 5.74) is 0. The fraction of sp³-hybridized carbons (Fsp3) is 0.950. The van der Waals surface area contributed by atoms with Crippen molar-refractivity contribution in [3.05, 3.63) is 0 Å². The Labute approximate surface area is 149 Å². The molecule has 0 aromatic heterocycles. The van der Waals surface area contributed by atoms with E-state index in [1.54, 1.807) is 0 Å². The van der Waals surface area contributed by atoms with E-state index in [1.807, 2.05) is 13.8 Å². The van der Waals surface area contributed by atoms with Gasteiger partial charge in [0.05, 0.1) is 0 Å². The molecular formula is C20H39N3O. The van der Waals surface area contributed by atoms with Gasteiger partial charge in [-0.1, -0.05) is 27.7 Å². The minimum Gasteiger partial charge on any atom is -0.342 e. The molecule has 0 aromatic rings. The Hall–Kier alpha value is -0.610. The molecular weight excluding hydrogens is 298 g/mol. The zero-order chi connectivity index (χ0) is 17.9. The molecule has 4 heteroatoms. The Morgan fingerprint density at radius 2 is 1.54 bits per heavy atom. The molecule has 2 saturated heterocycles. The number of hydrogen-bond acceptors (Lipinski definition) is 3. The number of piperazine rings is 1. The van der Waals surface area contributed by atoms with Gasteiger partial charge in [0.2, 0.25) is 5.91 Å². The summed E-state index contributed by atoms with van der Waals surface area (Å²) < 4.78 is 0. The Morgan fingerprint density at radius 1 is 1.00 bits per heavy atom. The number of carbonyl (C=O) groups excluding carboxylic acids is 1. The van der Waals surface area contributed by atoms with Crippen LogP contribution in [0.25, 0.3) is 0 Å². The molecule has 1 amide bonds. The van der Waals surface area contributed by atoms with Gasteiger partial charge in [-0.15, -0.1) is 0 Å². The number of piperidine rings is 1. The van der Waals surface area contributed by atoms with Crippen LogP contribution in [0.15, 0.2) is 0 Å². The highest BCUT2D eigenvalue weighted by Gasteiger charge is 2.32. The topological polar surface area (TPSA) is 26.8 Å². The van der Waals surface area contributed by atoms with E-state index < -0.39 is 0 Å². The predicted molar refractivity (Wildman–Crippen MR) is 101 cm³/mol. The summed E-state index contributed by atoms with van der Waals surface area (Å²) in [6.45, 7) is 20.2. The third-order valence-electron chi connectivity index (χ3n) is 5.69. The Balaban J connectivity index is 1.81. The van der Waals surface area contributed by atoms with Crippen LogP contribution in [-0.4, -0.2) is 72.0 Å². The lowest BCUT2D eigenvalue weighted by atomic mass is 9.93. The Kier molecular flexibility index (Phi) is 7.11. The number of carbonyl (C=O) groups is 1. The van der Waals surface area contributed by atoms with Gasteiger partial charge in [0, 0.05) is 57.3 Å². The summed E-state index contributed by atoms with van der Waals surface area (Å²) in [5, 5.41) is 0. The second-order valence-electron chi connectivity index (χ2n) is 8.93. The van der Waals surface area contributed by atoms with Crippen LogP contribution >= 0.6 is 0 Å². The molecule has 2 unspecified atom stereocenters. The number of hydrogen-bond donors (Lipinski definition) is 0. The van der Waals surface area contributed by atoms with Crippen LogP contribution < -0.4 is 0 Å². The highest BCUT2D eigenvalue weighted by Crippen LogP contribution is 2.24. The standard InChI is InChI=1S/C20H39N3O/c1-15(2)11-21-12-17(5)23(18(6)13-21)14-19-7-9-22(10-8-19)20(24)16(3)4/h15-19H,7-14H2,1-6H3. The van der Waals surface area contributed by atoms with Gasteiger partial charge in [-0.05, 0) is 38.5 Å². The molecule has 2 aliphatic rings. The predicted octanol–water partition coefficient (Wildman–Crippen LogP) is 2.93. The smallest absolute Gasteiger partial charge is 0.225 e. The highest BCUT2D eigenvalue weighted by molar-refractivity contribution is 5.78. The van der Waals surface area contributed by atoms with Crippen LogP contribution in [0.1, 0.15) is 54.4 Å². The lowest BCUT2D eigenvalue weighted by Crippen LogP contribution is -2.58. The van der Waals surface area contributed by atoms with Gasteiger partial charge < -0.3 is 4.90 Å². The summed E-state index contributed by atoms with van der Waals surface area (Å²) in [6.07, 6.45) is 2.34. The van der Waals surface area contributed by atoms with Crippen LogP contribution in [0.4, 0.5) is 0 Å². The molecule has 2 aliphatic heterocycles. The van der Waals surface area contributed by atoms with E-state index >= 15 is 0 Å². The average Bonchev–Trinajstić information content (AvgIpc) is 2.50. The normalized spacial score (nSPS) is 28.1. The molecule has 4 nitrogen and oxygen atoms in total. The summed E-state index contributed by atoms with van der Waals surface area (Å²) in [5.74, 6) is 1.97. The maximum Gasteiger partial charge on any atom is 0.225 e. The maximum atomic E-state index is 12.1.